The lowest BCUT2D eigenvalue weighted by Gasteiger charge is -2.06. The van der Waals surface area contributed by atoms with E-state index >= 15 is 0 Å². The van der Waals surface area contributed by atoms with E-state index in [4.69, 9.17) is 29.9 Å². The summed E-state index contributed by atoms with van der Waals surface area (Å²) < 4.78 is 9.75. The molecule has 0 aromatic carbocycles. The summed E-state index contributed by atoms with van der Waals surface area (Å²) in [5.74, 6) is -1.51. The fourth-order valence-electron chi connectivity index (χ4n) is 1.03. The zero-order valence-corrected chi connectivity index (χ0v) is 11.4. The molecule has 1 aromatic heterocycles. The number of carbonyl (C=O) groups is 1. The van der Waals surface area contributed by atoms with Gasteiger partial charge in [-0.3, -0.25) is 10.1 Å². The number of aromatic carboxylic acids is 1. The highest BCUT2D eigenvalue weighted by atomic mass is 16.9. The third-order valence-electron chi connectivity index (χ3n) is 1.80. The van der Waals surface area contributed by atoms with Gasteiger partial charge in [-0.2, -0.15) is 0 Å². The average Bonchev–Trinajstić information content (AvgIpc) is 2.38. The van der Waals surface area contributed by atoms with Crippen LogP contribution in [0.2, 0.25) is 0 Å². The quantitative estimate of drug-likeness (QED) is 0.373. The van der Waals surface area contributed by atoms with Crippen LogP contribution in [0.3, 0.4) is 0 Å². The Morgan fingerprint density at radius 2 is 1.91 bits per heavy atom. The number of methoxy groups -OCH3 is 1. The van der Waals surface area contributed by atoms with Crippen LogP contribution in [0.4, 0.5) is 5.69 Å². The minimum atomic E-state index is -1.50. The number of pyridine rings is 1. The molecular formula is C9H14N4O9. The molecule has 0 saturated heterocycles. The molecule has 1 rings (SSSR count). The summed E-state index contributed by atoms with van der Waals surface area (Å²) in [4.78, 5) is 32.5. The smallest absolute Gasteiger partial charge is 0.341 e. The highest BCUT2D eigenvalue weighted by Crippen LogP contribution is 2.20. The SMILES string of the molecule is COCCOc1ncc([N+](=O)[O-])cc1C(=O)O.N.O=[N+]([O-])O. The Morgan fingerprint density at radius 1 is 1.36 bits per heavy atom. The second-order valence-electron chi connectivity index (χ2n) is 3.19. The summed E-state index contributed by atoms with van der Waals surface area (Å²) in [5, 5.41) is 33.0. The number of hydrogen-bond acceptors (Lipinski definition) is 9. The first-order chi connectivity index (χ1) is 9.79. The fourth-order valence-corrected chi connectivity index (χ4v) is 1.03. The van der Waals surface area contributed by atoms with E-state index in [1.807, 2.05) is 0 Å². The summed E-state index contributed by atoms with van der Waals surface area (Å²) in [7, 11) is 1.46. The van der Waals surface area contributed by atoms with Crippen molar-refractivity contribution in [3.63, 3.8) is 0 Å². The summed E-state index contributed by atoms with van der Waals surface area (Å²) in [6.45, 7) is 0.374. The molecule has 0 aliphatic rings. The number of ether oxygens (including phenoxy) is 2. The van der Waals surface area contributed by atoms with Crippen LogP contribution in [0, 0.1) is 20.2 Å². The van der Waals surface area contributed by atoms with Crippen molar-refractivity contribution in [2.45, 2.75) is 0 Å². The molecule has 22 heavy (non-hydrogen) atoms. The maximum atomic E-state index is 10.9. The van der Waals surface area contributed by atoms with Crippen molar-refractivity contribution >= 4 is 11.7 Å². The first-order valence-corrected chi connectivity index (χ1v) is 5.12. The van der Waals surface area contributed by atoms with E-state index in [0.29, 0.717) is 0 Å². The molecule has 1 heterocycles. The van der Waals surface area contributed by atoms with Crippen molar-refractivity contribution in [2.24, 2.45) is 0 Å². The summed E-state index contributed by atoms with van der Waals surface area (Å²) >= 11 is 0. The van der Waals surface area contributed by atoms with Crippen LogP contribution in [0.25, 0.3) is 0 Å². The Hall–Kier alpha value is -3.06. The zero-order chi connectivity index (χ0) is 16.4. The van der Waals surface area contributed by atoms with Gasteiger partial charge in [0.2, 0.25) is 5.88 Å². The van der Waals surface area contributed by atoms with Gasteiger partial charge in [-0.1, -0.05) is 0 Å². The van der Waals surface area contributed by atoms with Crippen LogP contribution in [0.15, 0.2) is 12.3 Å². The second-order valence-corrected chi connectivity index (χ2v) is 3.19. The first kappa shape index (κ1) is 21.2. The zero-order valence-electron chi connectivity index (χ0n) is 11.4. The number of hydrogen-bond donors (Lipinski definition) is 3. The Kier molecular flexibility index (Phi) is 10.3. The predicted octanol–water partition coefficient (Wildman–Crippen LogP) is 0.528. The molecule has 0 aliphatic heterocycles. The van der Waals surface area contributed by atoms with E-state index in [9.17, 15) is 14.9 Å². The Balaban J connectivity index is 0. The molecule has 5 N–H and O–H groups in total. The largest absolute Gasteiger partial charge is 0.477 e. The summed E-state index contributed by atoms with van der Waals surface area (Å²) in [5.41, 5.74) is -0.753. The van der Waals surface area contributed by atoms with E-state index in [-0.39, 0.29) is 30.8 Å². The number of aromatic nitrogens is 1. The van der Waals surface area contributed by atoms with Gasteiger partial charge in [0.25, 0.3) is 10.8 Å². The van der Waals surface area contributed by atoms with Gasteiger partial charge in [0.15, 0.2) is 0 Å². The molecule has 0 amide bonds. The van der Waals surface area contributed by atoms with Crippen molar-refractivity contribution in [3.8, 4) is 5.88 Å². The lowest BCUT2D eigenvalue weighted by atomic mass is 10.2. The van der Waals surface area contributed by atoms with E-state index in [1.165, 1.54) is 7.11 Å². The first-order valence-electron chi connectivity index (χ1n) is 5.12. The van der Waals surface area contributed by atoms with Crippen molar-refractivity contribution in [1.29, 1.82) is 0 Å². The molecule has 0 unspecified atom stereocenters. The van der Waals surface area contributed by atoms with Crippen molar-refractivity contribution in [2.75, 3.05) is 20.3 Å². The molecule has 0 radical (unpaired) electrons. The predicted molar refractivity (Wildman–Crippen MR) is 69.0 cm³/mol. The number of carboxylic acid groups (broad SMARTS) is 1. The maximum Gasteiger partial charge on any atom is 0.341 e. The van der Waals surface area contributed by atoms with Gasteiger partial charge in [0, 0.05) is 13.2 Å². The van der Waals surface area contributed by atoms with Crippen LogP contribution in [0.1, 0.15) is 10.4 Å². The molecule has 0 aliphatic carbocycles. The molecule has 124 valence electrons. The van der Waals surface area contributed by atoms with Crippen LogP contribution in [-0.4, -0.2) is 51.6 Å². The van der Waals surface area contributed by atoms with Crippen LogP contribution in [-0.2, 0) is 4.74 Å². The molecule has 0 fully saturated rings. The van der Waals surface area contributed by atoms with Gasteiger partial charge in [0.1, 0.15) is 18.4 Å². The van der Waals surface area contributed by atoms with Crippen molar-refractivity contribution in [3.05, 3.63) is 38.1 Å². The Labute approximate surface area is 122 Å². The molecule has 0 atom stereocenters. The lowest BCUT2D eigenvalue weighted by Crippen LogP contribution is -2.10. The van der Waals surface area contributed by atoms with Gasteiger partial charge in [-0.05, 0) is 0 Å². The van der Waals surface area contributed by atoms with Gasteiger partial charge in [-0.15, -0.1) is 10.1 Å². The molecule has 0 saturated carbocycles. The van der Waals surface area contributed by atoms with Gasteiger partial charge in [0.05, 0.1) is 11.5 Å². The highest BCUT2D eigenvalue weighted by molar-refractivity contribution is 5.90. The van der Waals surface area contributed by atoms with Gasteiger partial charge in [-0.25, -0.2) is 9.78 Å². The minimum Gasteiger partial charge on any atom is -0.477 e. The Morgan fingerprint density at radius 3 is 2.32 bits per heavy atom. The number of rotatable bonds is 6. The number of nitro groups is 1. The number of carboxylic acids is 1. The molecule has 0 bridgehead atoms. The monoisotopic (exact) mass is 322 g/mol. The average molecular weight is 322 g/mol. The normalized spacial score (nSPS) is 8.77. The maximum absolute atomic E-state index is 10.9. The van der Waals surface area contributed by atoms with Gasteiger partial charge >= 0.3 is 5.97 Å². The Bertz CT molecular complexity index is 518. The third-order valence-corrected chi connectivity index (χ3v) is 1.80. The number of nitrogens with zero attached hydrogens (tertiary/aromatic N) is 3. The lowest BCUT2D eigenvalue weighted by molar-refractivity contribution is -0.742. The van der Waals surface area contributed by atoms with E-state index in [1.54, 1.807) is 0 Å². The topological polar surface area (TPSA) is 210 Å². The van der Waals surface area contributed by atoms with Crippen molar-refractivity contribution in [1.82, 2.24) is 11.1 Å². The molecular weight excluding hydrogens is 308 g/mol. The van der Waals surface area contributed by atoms with Crippen LogP contribution in [0.5, 0.6) is 5.88 Å². The van der Waals surface area contributed by atoms with Crippen LogP contribution < -0.4 is 10.9 Å². The molecule has 13 heteroatoms. The minimum absolute atomic E-state index is 0. The highest BCUT2D eigenvalue weighted by Gasteiger charge is 2.18. The fraction of sp³-hybridized carbons (Fsp3) is 0.333. The molecule has 13 nitrogen and oxygen atoms in total. The van der Waals surface area contributed by atoms with E-state index in [2.05, 4.69) is 4.98 Å². The third kappa shape index (κ3) is 8.18. The standard InChI is InChI=1S/C9H10N2O6.HNO3.H3N/c1-16-2-3-17-8-7(9(12)13)4-6(5-10-8)11(14)15;2-1(3)4;/h4-5H,2-3H2,1H3,(H,12,13);(H,2,3,4);1H3. The van der Waals surface area contributed by atoms with E-state index in [0.717, 1.165) is 12.3 Å². The molecule has 0 spiro atoms. The molecule has 1 aromatic rings. The van der Waals surface area contributed by atoms with Crippen molar-refractivity contribution < 1.29 is 34.6 Å². The second kappa shape index (κ2) is 10.7. The van der Waals surface area contributed by atoms with Gasteiger partial charge < -0.3 is 25.9 Å². The summed E-state index contributed by atoms with van der Waals surface area (Å²) in [6, 6.07) is 0.900. The summed E-state index contributed by atoms with van der Waals surface area (Å²) in [6.07, 6.45) is 0.939. The van der Waals surface area contributed by atoms with Crippen LogP contribution >= 0.6 is 0 Å². The van der Waals surface area contributed by atoms with E-state index < -0.39 is 21.7 Å².